The SMILES string of the molecule is C#CCN(CC(=O)O)S(=O)(=O)Cc1ccc(F)cc1. The Morgan fingerprint density at radius 1 is 1.37 bits per heavy atom. The highest BCUT2D eigenvalue weighted by Crippen LogP contribution is 2.11. The molecule has 19 heavy (non-hydrogen) atoms. The topological polar surface area (TPSA) is 74.7 Å². The van der Waals surface area contributed by atoms with Crippen molar-refractivity contribution >= 4 is 16.0 Å². The van der Waals surface area contributed by atoms with Crippen molar-refractivity contribution < 1.29 is 22.7 Å². The number of nitrogens with zero attached hydrogens (tertiary/aromatic N) is 1. The highest BCUT2D eigenvalue weighted by Gasteiger charge is 2.24. The summed E-state index contributed by atoms with van der Waals surface area (Å²) < 4.78 is 37.4. The third-order valence-electron chi connectivity index (χ3n) is 2.23. The van der Waals surface area contributed by atoms with E-state index in [1.807, 2.05) is 0 Å². The number of hydrogen-bond acceptors (Lipinski definition) is 3. The van der Waals surface area contributed by atoms with E-state index in [0.717, 1.165) is 12.1 Å². The lowest BCUT2D eigenvalue weighted by Crippen LogP contribution is -2.36. The zero-order valence-electron chi connectivity index (χ0n) is 9.91. The van der Waals surface area contributed by atoms with Crippen LogP contribution in [0.4, 0.5) is 4.39 Å². The van der Waals surface area contributed by atoms with Crippen LogP contribution < -0.4 is 0 Å². The molecule has 102 valence electrons. The van der Waals surface area contributed by atoms with Crippen LogP contribution in [-0.4, -0.2) is 36.9 Å². The highest BCUT2D eigenvalue weighted by molar-refractivity contribution is 7.88. The summed E-state index contributed by atoms with van der Waals surface area (Å²) in [4.78, 5) is 10.6. The predicted molar refractivity (Wildman–Crippen MR) is 67.1 cm³/mol. The van der Waals surface area contributed by atoms with Crippen LogP contribution in [0.15, 0.2) is 24.3 Å². The first-order valence-corrected chi connectivity index (χ1v) is 6.83. The molecule has 0 atom stereocenters. The van der Waals surface area contributed by atoms with Gasteiger partial charge in [-0.2, -0.15) is 4.31 Å². The first-order valence-electron chi connectivity index (χ1n) is 5.22. The number of rotatable bonds is 6. The quantitative estimate of drug-likeness (QED) is 0.780. The molecule has 0 amide bonds. The van der Waals surface area contributed by atoms with Gasteiger partial charge in [0.2, 0.25) is 10.0 Å². The van der Waals surface area contributed by atoms with Gasteiger partial charge in [0.25, 0.3) is 0 Å². The second-order valence-electron chi connectivity index (χ2n) is 3.75. The average molecular weight is 285 g/mol. The molecule has 0 unspecified atom stereocenters. The van der Waals surface area contributed by atoms with Gasteiger partial charge in [-0.15, -0.1) is 6.42 Å². The van der Waals surface area contributed by atoms with Crippen molar-refractivity contribution in [2.75, 3.05) is 13.1 Å². The van der Waals surface area contributed by atoms with Gasteiger partial charge < -0.3 is 5.11 Å². The third kappa shape index (κ3) is 4.69. The molecule has 0 aliphatic heterocycles. The Balaban J connectivity index is 2.91. The monoisotopic (exact) mass is 285 g/mol. The van der Waals surface area contributed by atoms with Crippen LogP contribution in [0.5, 0.6) is 0 Å². The van der Waals surface area contributed by atoms with Gasteiger partial charge in [-0.1, -0.05) is 18.1 Å². The lowest BCUT2D eigenvalue weighted by atomic mass is 10.2. The van der Waals surface area contributed by atoms with Gasteiger partial charge in [0, 0.05) is 0 Å². The molecule has 0 aromatic heterocycles. The molecular formula is C12H12FNO4S. The fourth-order valence-electron chi connectivity index (χ4n) is 1.39. The van der Waals surface area contributed by atoms with E-state index in [4.69, 9.17) is 11.5 Å². The van der Waals surface area contributed by atoms with Gasteiger partial charge in [-0.05, 0) is 17.7 Å². The molecule has 0 fully saturated rings. The Kier molecular flexibility index (Phi) is 5.03. The Morgan fingerprint density at radius 2 is 1.95 bits per heavy atom. The van der Waals surface area contributed by atoms with Crippen molar-refractivity contribution in [3.05, 3.63) is 35.6 Å². The number of benzene rings is 1. The van der Waals surface area contributed by atoms with Crippen LogP contribution in [0.25, 0.3) is 0 Å². The maximum Gasteiger partial charge on any atom is 0.318 e. The number of sulfonamides is 1. The third-order valence-corrected chi connectivity index (χ3v) is 3.98. The minimum absolute atomic E-state index is 0.324. The van der Waals surface area contributed by atoms with E-state index >= 15 is 0 Å². The molecule has 7 heteroatoms. The second-order valence-corrected chi connectivity index (χ2v) is 5.72. The first-order chi connectivity index (χ1) is 8.85. The summed E-state index contributed by atoms with van der Waals surface area (Å²) in [6.45, 7) is -1.02. The number of carboxylic acids is 1. The van der Waals surface area contributed by atoms with Gasteiger partial charge >= 0.3 is 5.97 Å². The lowest BCUT2D eigenvalue weighted by Gasteiger charge is -2.17. The molecule has 0 saturated carbocycles. The summed E-state index contributed by atoms with van der Waals surface area (Å²) in [5, 5.41) is 8.65. The second kappa shape index (κ2) is 6.31. The number of terminal acetylenes is 1. The van der Waals surface area contributed by atoms with Gasteiger partial charge in [0.05, 0.1) is 12.3 Å². The molecule has 0 saturated heterocycles. The van der Waals surface area contributed by atoms with Crippen molar-refractivity contribution in [2.24, 2.45) is 0 Å². The van der Waals surface area contributed by atoms with Gasteiger partial charge in [0.1, 0.15) is 12.4 Å². The molecule has 1 aromatic carbocycles. The largest absolute Gasteiger partial charge is 0.480 e. The Morgan fingerprint density at radius 3 is 2.42 bits per heavy atom. The van der Waals surface area contributed by atoms with E-state index in [1.54, 1.807) is 0 Å². The van der Waals surface area contributed by atoms with E-state index in [9.17, 15) is 17.6 Å². The van der Waals surface area contributed by atoms with E-state index < -0.39 is 34.1 Å². The fourth-order valence-corrected chi connectivity index (χ4v) is 2.76. The Hall–Kier alpha value is -1.91. The molecule has 1 aromatic rings. The van der Waals surface area contributed by atoms with Gasteiger partial charge in [0.15, 0.2) is 0 Å². The number of halogens is 1. The van der Waals surface area contributed by atoms with Crippen LogP contribution in [0.3, 0.4) is 0 Å². The van der Waals surface area contributed by atoms with Crippen LogP contribution >= 0.6 is 0 Å². The van der Waals surface area contributed by atoms with Crippen LogP contribution in [0.1, 0.15) is 5.56 Å². The van der Waals surface area contributed by atoms with E-state index in [2.05, 4.69) is 5.92 Å². The fraction of sp³-hybridized carbons (Fsp3) is 0.250. The Labute approximate surface area is 110 Å². The van der Waals surface area contributed by atoms with E-state index in [-0.39, 0.29) is 6.54 Å². The van der Waals surface area contributed by atoms with E-state index in [0.29, 0.717) is 9.87 Å². The lowest BCUT2D eigenvalue weighted by molar-refractivity contribution is -0.137. The maximum absolute atomic E-state index is 12.7. The van der Waals surface area contributed by atoms with Crippen molar-refractivity contribution in [1.82, 2.24) is 4.31 Å². The van der Waals surface area contributed by atoms with E-state index in [1.165, 1.54) is 12.1 Å². The molecule has 0 aliphatic carbocycles. The summed E-state index contributed by atoms with van der Waals surface area (Å²) in [5.74, 6) is -0.104. The molecule has 0 bridgehead atoms. The maximum atomic E-state index is 12.7. The number of carboxylic acid groups (broad SMARTS) is 1. The minimum atomic E-state index is -3.86. The van der Waals surface area contributed by atoms with Crippen molar-refractivity contribution in [3.63, 3.8) is 0 Å². The summed E-state index contributed by atoms with van der Waals surface area (Å²) in [7, 11) is -3.86. The minimum Gasteiger partial charge on any atom is -0.480 e. The van der Waals surface area contributed by atoms with Crippen molar-refractivity contribution in [1.29, 1.82) is 0 Å². The highest BCUT2D eigenvalue weighted by atomic mass is 32.2. The van der Waals surface area contributed by atoms with Crippen molar-refractivity contribution in [2.45, 2.75) is 5.75 Å². The molecule has 1 rings (SSSR count). The summed E-state index contributed by atoms with van der Waals surface area (Å²) >= 11 is 0. The van der Waals surface area contributed by atoms with Gasteiger partial charge in [-0.3, -0.25) is 4.79 Å². The molecule has 0 spiro atoms. The van der Waals surface area contributed by atoms with Crippen LogP contribution in [0, 0.1) is 18.2 Å². The van der Waals surface area contributed by atoms with Gasteiger partial charge in [-0.25, -0.2) is 12.8 Å². The first kappa shape index (κ1) is 15.1. The van der Waals surface area contributed by atoms with Crippen LogP contribution in [0.2, 0.25) is 0 Å². The molecule has 1 N–H and O–H groups in total. The Bertz CT molecular complexity index is 589. The molecular weight excluding hydrogens is 273 g/mol. The number of hydrogen-bond donors (Lipinski definition) is 1. The predicted octanol–water partition coefficient (Wildman–Crippen LogP) is 0.675. The molecule has 0 radical (unpaired) electrons. The van der Waals surface area contributed by atoms with Crippen molar-refractivity contribution in [3.8, 4) is 12.3 Å². The molecule has 0 heterocycles. The zero-order valence-corrected chi connectivity index (χ0v) is 10.7. The smallest absolute Gasteiger partial charge is 0.318 e. The molecule has 0 aliphatic rings. The number of aliphatic carboxylic acids is 1. The molecule has 5 nitrogen and oxygen atoms in total. The summed E-state index contributed by atoms with van der Waals surface area (Å²) in [5.41, 5.74) is 0.355. The average Bonchev–Trinajstić information content (AvgIpc) is 2.31. The number of carbonyl (C=O) groups is 1. The summed E-state index contributed by atoms with van der Waals surface area (Å²) in [6, 6.07) is 4.91. The standard InChI is InChI=1S/C12H12FNO4S/c1-2-7-14(8-12(15)16)19(17,18)9-10-3-5-11(13)6-4-10/h1,3-6H,7-9H2,(H,15,16). The normalized spacial score (nSPS) is 11.2. The zero-order chi connectivity index (χ0) is 14.5. The van der Waals surface area contributed by atoms with Crippen LogP contribution in [-0.2, 0) is 20.6 Å². The summed E-state index contributed by atoms with van der Waals surface area (Å²) in [6.07, 6.45) is 5.02.